The van der Waals surface area contributed by atoms with Gasteiger partial charge in [0.15, 0.2) is 0 Å². The van der Waals surface area contributed by atoms with Crippen LogP contribution in [0.25, 0.3) is 0 Å². The van der Waals surface area contributed by atoms with E-state index in [1.807, 2.05) is 0 Å². The number of rotatable bonds is 6. The molecule has 2 nitrogen and oxygen atoms in total. The fourth-order valence-corrected chi connectivity index (χ4v) is 1.59. The summed E-state index contributed by atoms with van der Waals surface area (Å²) in [6.45, 7) is 2.79. The summed E-state index contributed by atoms with van der Waals surface area (Å²) in [5, 5.41) is 2.91. The Hall–Kier alpha value is -0.960. The highest BCUT2D eigenvalue weighted by atomic mass is 32.1. The van der Waals surface area contributed by atoms with Crippen LogP contribution in [0.3, 0.4) is 0 Å². The Bertz CT molecular complexity index is 321. The molecule has 0 unspecified atom stereocenters. The van der Waals surface area contributed by atoms with E-state index in [1.54, 1.807) is 0 Å². The molecule has 0 bridgehead atoms. The molecule has 0 fully saturated rings. The molecule has 0 atom stereocenters. The molecule has 0 heterocycles. The van der Waals surface area contributed by atoms with Gasteiger partial charge in [0.2, 0.25) is 5.91 Å². The van der Waals surface area contributed by atoms with E-state index >= 15 is 0 Å². The van der Waals surface area contributed by atoms with Gasteiger partial charge in [-0.2, -0.15) is 12.6 Å². The fraction of sp³-hybridized carbons (Fsp3) is 0.462. The van der Waals surface area contributed by atoms with Crippen LogP contribution in [0.5, 0.6) is 0 Å². The molecule has 0 saturated heterocycles. The molecular weight excluding hydrogens is 218 g/mol. The van der Waals surface area contributed by atoms with Crippen molar-refractivity contribution in [2.45, 2.75) is 26.2 Å². The van der Waals surface area contributed by atoms with Crippen molar-refractivity contribution in [2.24, 2.45) is 0 Å². The number of carbonyl (C=O) groups excluding carboxylic acids is 1. The smallest absolute Gasteiger partial charge is 0.220 e. The second kappa shape index (κ2) is 7.34. The van der Waals surface area contributed by atoms with Crippen LogP contribution < -0.4 is 5.32 Å². The number of nitrogens with one attached hydrogen (secondary N) is 1. The molecule has 0 saturated carbocycles. The molecule has 0 aliphatic heterocycles. The minimum Gasteiger partial charge on any atom is -0.356 e. The Morgan fingerprint density at radius 2 is 2.00 bits per heavy atom. The second-order valence-electron chi connectivity index (χ2n) is 3.91. The van der Waals surface area contributed by atoms with Crippen molar-refractivity contribution in [1.29, 1.82) is 0 Å². The van der Waals surface area contributed by atoms with Gasteiger partial charge < -0.3 is 5.32 Å². The zero-order valence-electron chi connectivity index (χ0n) is 9.70. The predicted molar refractivity (Wildman–Crippen MR) is 71.0 cm³/mol. The molecule has 1 aromatic rings. The van der Waals surface area contributed by atoms with Crippen molar-refractivity contribution in [3.63, 3.8) is 0 Å². The summed E-state index contributed by atoms with van der Waals surface area (Å²) >= 11 is 4.07. The zero-order chi connectivity index (χ0) is 11.8. The molecule has 16 heavy (non-hydrogen) atoms. The molecule has 3 heteroatoms. The molecule has 88 valence electrons. The number of thiol groups is 1. The first kappa shape index (κ1) is 13.1. The van der Waals surface area contributed by atoms with Gasteiger partial charge in [-0.05, 0) is 31.1 Å². The van der Waals surface area contributed by atoms with Crippen LogP contribution in [0.2, 0.25) is 0 Å². The van der Waals surface area contributed by atoms with Gasteiger partial charge in [0.25, 0.3) is 0 Å². The molecular formula is C13H19NOS. The van der Waals surface area contributed by atoms with Crippen molar-refractivity contribution in [2.75, 3.05) is 12.3 Å². The molecule has 1 aromatic carbocycles. The lowest BCUT2D eigenvalue weighted by molar-refractivity contribution is -0.121. The second-order valence-corrected chi connectivity index (χ2v) is 4.36. The zero-order valence-corrected chi connectivity index (χ0v) is 10.6. The molecule has 0 radical (unpaired) electrons. The van der Waals surface area contributed by atoms with Gasteiger partial charge in [0, 0.05) is 13.0 Å². The highest BCUT2D eigenvalue weighted by molar-refractivity contribution is 7.80. The average Bonchev–Trinajstić information content (AvgIpc) is 2.29. The number of carbonyl (C=O) groups is 1. The van der Waals surface area contributed by atoms with Crippen molar-refractivity contribution in [1.82, 2.24) is 5.32 Å². The van der Waals surface area contributed by atoms with E-state index < -0.39 is 0 Å². The van der Waals surface area contributed by atoms with Crippen LogP contribution >= 0.6 is 12.6 Å². The maximum atomic E-state index is 11.3. The molecule has 1 N–H and O–H groups in total. The molecule has 1 rings (SSSR count). The van der Waals surface area contributed by atoms with Crippen LogP contribution in [-0.4, -0.2) is 18.2 Å². The Labute approximate surface area is 103 Å². The standard InChI is InChI=1S/C13H19NOS/c1-11-4-6-12(7-5-11)8-9-14-13(15)3-2-10-16/h4-7,16H,2-3,8-10H2,1H3,(H,14,15). The van der Waals surface area contributed by atoms with E-state index in [0.717, 1.165) is 18.6 Å². The summed E-state index contributed by atoms with van der Waals surface area (Å²) in [4.78, 5) is 11.3. The van der Waals surface area contributed by atoms with Gasteiger partial charge >= 0.3 is 0 Å². The Morgan fingerprint density at radius 3 is 2.62 bits per heavy atom. The van der Waals surface area contributed by atoms with E-state index in [4.69, 9.17) is 0 Å². The summed E-state index contributed by atoms with van der Waals surface area (Å²) in [7, 11) is 0. The van der Waals surface area contributed by atoms with E-state index in [9.17, 15) is 4.79 Å². The Kier molecular flexibility index (Phi) is 6.01. The topological polar surface area (TPSA) is 29.1 Å². The third-order valence-corrected chi connectivity index (χ3v) is 2.73. The van der Waals surface area contributed by atoms with Crippen LogP contribution in [0.1, 0.15) is 24.0 Å². The first-order chi connectivity index (χ1) is 7.72. The minimum atomic E-state index is 0.126. The summed E-state index contributed by atoms with van der Waals surface area (Å²) in [5.41, 5.74) is 2.53. The highest BCUT2D eigenvalue weighted by Crippen LogP contribution is 2.03. The molecule has 0 spiro atoms. The van der Waals surface area contributed by atoms with Gasteiger partial charge in [0.05, 0.1) is 0 Å². The van der Waals surface area contributed by atoms with E-state index in [1.165, 1.54) is 11.1 Å². The quantitative estimate of drug-likeness (QED) is 0.731. The molecule has 1 amide bonds. The van der Waals surface area contributed by atoms with Crippen molar-refractivity contribution in [3.05, 3.63) is 35.4 Å². The van der Waals surface area contributed by atoms with Crippen LogP contribution in [0.4, 0.5) is 0 Å². The van der Waals surface area contributed by atoms with E-state index in [2.05, 4.69) is 49.1 Å². The fourth-order valence-electron chi connectivity index (χ4n) is 1.43. The normalized spacial score (nSPS) is 10.1. The maximum absolute atomic E-state index is 11.3. The van der Waals surface area contributed by atoms with E-state index in [0.29, 0.717) is 13.0 Å². The third-order valence-electron chi connectivity index (χ3n) is 2.42. The Balaban J connectivity index is 2.20. The van der Waals surface area contributed by atoms with Gasteiger partial charge in [0.1, 0.15) is 0 Å². The van der Waals surface area contributed by atoms with Gasteiger partial charge in [-0.1, -0.05) is 29.8 Å². The number of hydrogen-bond acceptors (Lipinski definition) is 2. The SMILES string of the molecule is Cc1ccc(CCNC(=O)CCCS)cc1. The number of amides is 1. The van der Waals surface area contributed by atoms with Gasteiger partial charge in [-0.15, -0.1) is 0 Å². The number of hydrogen-bond donors (Lipinski definition) is 2. The summed E-state index contributed by atoms with van der Waals surface area (Å²) in [6, 6.07) is 8.40. The summed E-state index contributed by atoms with van der Waals surface area (Å²) in [5.74, 6) is 0.895. The lowest BCUT2D eigenvalue weighted by Crippen LogP contribution is -2.25. The predicted octanol–water partition coefficient (Wildman–Crippen LogP) is 2.36. The van der Waals surface area contributed by atoms with Gasteiger partial charge in [-0.25, -0.2) is 0 Å². The summed E-state index contributed by atoms with van der Waals surface area (Å²) in [6.07, 6.45) is 2.32. The summed E-state index contributed by atoms with van der Waals surface area (Å²) < 4.78 is 0. The first-order valence-electron chi connectivity index (χ1n) is 5.65. The number of aryl methyl sites for hydroxylation is 1. The molecule has 0 aliphatic rings. The molecule has 0 aromatic heterocycles. The van der Waals surface area contributed by atoms with Crippen molar-refractivity contribution in [3.8, 4) is 0 Å². The number of benzene rings is 1. The van der Waals surface area contributed by atoms with Crippen molar-refractivity contribution < 1.29 is 4.79 Å². The monoisotopic (exact) mass is 237 g/mol. The average molecular weight is 237 g/mol. The first-order valence-corrected chi connectivity index (χ1v) is 6.28. The third kappa shape index (κ3) is 5.21. The lowest BCUT2D eigenvalue weighted by atomic mass is 10.1. The van der Waals surface area contributed by atoms with Gasteiger partial charge in [-0.3, -0.25) is 4.79 Å². The largest absolute Gasteiger partial charge is 0.356 e. The van der Waals surface area contributed by atoms with Crippen LogP contribution in [-0.2, 0) is 11.2 Å². The lowest BCUT2D eigenvalue weighted by Gasteiger charge is -2.05. The van der Waals surface area contributed by atoms with Crippen LogP contribution in [0, 0.1) is 6.92 Å². The molecule has 0 aliphatic carbocycles. The minimum absolute atomic E-state index is 0.126. The van der Waals surface area contributed by atoms with E-state index in [-0.39, 0.29) is 5.91 Å². The maximum Gasteiger partial charge on any atom is 0.220 e. The highest BCUT2D eigenvalue weighted by Gasteiger charge is 1.99. The Morgan fingerprint density at radius 1 is 1.31 bits per heavy atom. The van der Waals surface area contributed by atoms with Crippen molar-refractivity contribution >= 4 is 18.5 Å². The van der Waals surface area contributed by atoms with Crippen LogP contribution in [0.15, 0.2) is 24.3 Å².